The number of esters is 2. The van der Waals surface area contributed by atoms with Crippen LogP contribution in [0.2, 0.25) is 0 Å². The number of aliphatic carboxylic acids is 4. The van der Waals surface area contributed by atoms with E-state index in [9.17, 15) is 54.3 Å². The third-order valence-corrected chi connectivity index (χ3v) is 8.52. The van der Waals surface area contributed by atoms with Gasteiger partial charge in [-0.1, -0.05) is 46.5 Å². The Hall–Kier alpha value is -3.34. The van der Waals surface area contributed by atoms with Crippen LogP contribution >= 0.6 is 0 Å². The van der Waals surface area contributed by atoms with Crippen LogP contribution in [0.25, 0.3) is 0 Å². The van der Waals surface area contributed by atoms with E-state index in [-0.39, 0.29) is 37.5 Å². The average Bonchev–Trinajstić information content (AvgIpc) is 2.97. The quantitative estimate of drug-likeness (QED) is 0.0407. The molecule has 0 aliphatic heterocycles. The lowest BCUT2D eigenvalue weighted by Crippen LogP contribution is -2.39. The van der Waals surface area contributed by atoms with Gasteiger partial charge < -0.3 is 51.0 Å². The van der Waals surface area contributed by atoms with Gasteiger partial charge in [0.15, 0.2) is 0 Å². The van der Waals surface area contributed by atoms with Gasteiger partial charge in [-0.15, -0.1) is 0 Å². The van der Waals surface area contributed by atoms with Crippen molar-refractivity contribution in [3.05, 3.63) is 0 Å². The van der Waals surface area contributed by atoms with Crippen LogP contribution in [0.15, 0.2) is 0 Å². The lowest BCUT2D eigenvalue weighted by molar-refractivity contribution is -0.174. The van der Waals surface area contributed by atoms with Crippen molar-refractivity contribution in [2.45, 2.75) is 154 Å². The third kappa shape index (κ3) is 21.7. The van der Waals surface area contributed by atoms with Crippen LogP contribution in [0.5, 0.6) is 0 Å². The van der Waals surface area contributed by atoms with Gasteiger partial charge in [0.1, 0.15) is 12.2 Å². The molecule has 0 aromatic carbocycles. The topological polar surface area (TPSA) is 289 Å². The van der Waals surface area contributed by atoms with Crippen LogP contribution in [0.4, 0.5) is 0 Å². The number of carbonyl (C=O) groups is 6. The fourth-order valence-electron chi connectivity index (χ4n) is 5.76. The third-order valence-electron chi connectivity index (χ3n) is 8.52. The number of nitrogens with two attached hydrogens (primary N) is 1. The summed E-state index contributed by atoms with van der Waals surface area (Å²) in [5, 5.41) is 67.7. The molecular formula is C34H59NO15. The summed E-state index contributed by atoms with van der Waals surface area (Å²) in [6, 6.07) is -0.476. The van der Waals surface area contributed by atoms with Crippen molar-refractivity contribution < 1.29 is 74.0 Å². The van der Waals surface area contributed by atoms with Crippen LogP contribution in [0, 0.1) is 23.7 Å². The van der Waals surface area contributed by atoms with E-state index < -0.39 is 110 Å². The van der Waals surface area contributed by atoms with Crippen molar-refractivity contribution in [2.75, 3.05) is 0 Å². The number of rotatable bonds is 29. The number of aliphatic hydroxyl groups excluding tert-OH is 3. The SMILES string of the molecule is CCC[C@H](C)C[C@H](OC(=O)C[C@H](CC(=O)O)C(=O)O)[C@H](C[C@H](C)C[C@H](O)CCCC[C@H](O)C[C@H](O)[C@H](C)N)OC(=O)C[C@H](CC(=O)O)C(=O)O. The molecule has 0 saturated carbocycles. The zero-order chi connectivity index (χ0) is 38.6. The highest BCUT2D eigenvalue weighted by molar-refractivity contribution is 5.83. The monoisotopic (exact) mass is 721 g/mol. The number of carboxylic acid groups (broad SMARTS) is 4. The minimum atomic E-state index is -1.59. The van der Waals surface area contributed by atoms with Crippen molar-refractivity contribution in [1.82, 2.24) is 0 Å². The largest absolute Gasteiger partial charge is 0.481 e. The number of ether oxygens (including phenoxy) is 2. The fourth-order valence-corrected chi connectivity index (χ4v) is 5.76. The molecule has 0 unspecified atom stereocenters. The zero-order valence-electron chi connectivity index (χ0n) is 29.6. The Morgan fingerprint density at radius 3 is 1.34 bits per heavy atom. The van der Waals surface area contributed by atoms with Crippen LogP contribution in [0.1, 0.15) is 118 Å². The lowest BCUT2D eigenvalue weighted by Gasteiger charge is -2.31. The molecule has 0 amide bonds. The number of hydrogen-bond donors (Lipinski definition) is 8. The van der Waals surface area contributed by atoms with Crippen LogP contribution in [-0.2, 0) is 38.2 Å². The molecule has 0 heterocycles. The van der Waals surface area contributed by atoms with Gasteiger partial charge in [0, 0.05) is 12.5 Å². The molecule has 0 saturated heterocycles. The Labute approximate surface area is 293 Å². The molecule has 16 heteroatoms. The fraction of sp³-hybridized carbons (Fsp3) is 0.824. The average molecular weight is 722 g/mol. The number of carbonyl (C=O) groups excluding carboxylic acids is 2. The van der Waals surface area contributed by atoms with E-state index in [4.69, 9.17) is 25.4 Å². The maximum Gasteiger partial charge on any atom is 0.307 e. The van der Waals surface area contributed by atoms with E-state index in [2.05, 4.69) is 0 Å². The molecule has 0 radical (unpaired) electrons. The molecule has 0 bridgehead atoms. The Balaban J connectivity index is 5.95. The number of unbranched alkanes of at least 4 members (excludes halogenated alkanes) is 1. The summed E-state index contributed by atoms with van der Waals surface area (Å²) in [5.41, 5.74) is 5.63. The Kier molecular flexibility index (Phi) is 23.1. The molecule has 0 fully saturated rings. The van der Waals surface area contributed by atoms with E-state index in [1.165, 1.54) is 0 Å². The van der Waals surface area contributed by atoms with Crippen LogP contribution in [0.3, 0.4) is 0 Å². The highest BCUT2D eigenvalue weighted by Crippen LogP contribution is 2.28. The molecule has 0 spiro atoms. The minimum absolute atomic E-state index is 0.0294. The van der Waals surface area contributed by atoms with E-state index in [0.29, 0.717) is 32.1 Å². The van der Waals surface area contributed by atoms with Gasteiger partial charge in [-0.25, -0.2) is 0 Å². The molecule has 9 N–H and O–H groups in total. The molecule has 16 nitrogen and oxygen atoms in total. The first-order valence-electron chi connectivity index (χ1n) is 17.3. The molecule has 0 aromatic heterocycles. The van der Waals surface area contributed by atoms with Gasteiger partial charge in [-0.3, -0.25) is 28.8 Å². The van der Waals surface area contributed by atoms with Crippen molar-refractivity contribution in [3.63, 3.8) is 0 Å². The molecule has 0 aromatic rings. The second kappa shape index (κ2) is 24.7. The summed E-state index contributed by atoms with van der Waals surface area (Å²) in [7, 11) is 0. The van der Waals surface area contributed by atoms with Crippen molar-refractivity contribution in [3.8, 4) is 0 Å². The summed E-state index contributed by atoms with van der Waals surface area (Å²) >= 11 is 0. The maximum absolute atomic E-state index is 13.0. The normalized spacial score (nSPS) is 17.5. The highest BCUT2D eigenvalue weighted by atomic mass is 16.6. The second-order valence-corrected chi connectivity index (χ2v) is 13.7. The first kappa shape index (κ1) is 46.7. The molecule has 0 rings (SSSR count). The van der Waals surface area contributed by atoms with E-state index in [1.807, 2.05) is 13.8 Å². The van der Waals surface area contributed by atoms with Crippen molar-refractivity contribution in [2.24, 2.45) is 29.4 Å². The van der Waals surface area contributed by atoms with E-state index in [0.717, 1.165) is 6.42 Å². The van der Waals surface area contributed by atoms with Gasteiger partial charge in [0.05, 0.1) is 55.8 Å². The Morgan fingerprint density at radius 2 is 0.980 bits per heavy atom. The van der Waals surface area contributed by atoms with Gasteiger partial charge >= 0.3 is 35.8 Å². The Bertz CT molecular complexity index is 1070. The number of aliphatic hydroxyl groups is 3. The summed E-state index contributed by atoms with van der Waals surface area (Å²) in [4.78, 5) is 71.5. The van der Waals surface area contributed by atoms with E-state index in [1.54, 1.807) is 13.8 Å². The molecule has 10 atom stereocenters. The van der Waals surface area contributed by atoms with Gasteiger partial charge in [0.2, 0.25) is 0 Å². The first-order chi connectivity index (χ1) is 23.2. The number of hydrogen-bond acceptors (Lipinski definition) is 12. The van der Waals surface area contributed by atoms with Gasteiger partial charge in [-0.05, 0) is 50.9 Å². The van der Waals surface area contributed by atoms with Crippen LogP contribution in [-0.4, -0.2) is 108 Å². The standard InChI is InChI=1S/C34H59NO15/c1-5-8-19(2)12-27(49-31(43)16-22(33(45)46)14-29(39)40)28(50-32(44)17-23(34(47)48)15-30(41)42)13-20(3)11-24(36)9-6-7-10-25(37)18-26(38)21(4)35/h19-28,36-38H,5-18,35H2,1-4H3,(H,39,40)(H,41,42)(H,45,46)(H,47,48)/t19-,20+,21-,22-,23-,24+,25-,26-,27-,28-/m0/s1. The summed E-state index contributed by atoms with van der Waals surface area (Å²) in [5.74, 6) is -11.6. The summed E-state index contributed by atoms with van der Waals surface area (Å²) < 4.78 is 11.3. The molecule has 50 heavy (non-hydrogen) atoms. The molecular weight excluding hydrogens is 662 g/mol. The summed E-state index contributed by atoms with van der Waals surface area (Å²) in [6.07, 6.45) is -4.05. The highest BCUT2D eigenvalue weighted by Gasteiger charge is 2.35. The van der Waals surface area contributed by atoms with Gasteiger partial charge in [0.25, 0.3) is 0 Å². The van der Waals surface area contributed by atoms with Crippen LogP contribution < -0.4 is 5.73 Å². The minimum Gasteiger partial charge on any atom is -0.481 e. The van der Waals surface area contributed by atoms with Crippen molar-refractivity contribution in [1.29, 1.82) is 0 Å². The Morgan fingerprint density at radius 1 is 0.580 bits per heavy atom. The lowest BCUT2D eigenvalue weighted by atomic mass is 9.89. The maximum atomic E-state index is 13.0. The smallest absolute Gasteiger partial charge is 0.307 e. The molecule has 290 valence electrons. The predicted octanol–water partition coefficient (Wildman–Crippen LogP) is 2.56. The number of carboxylic acids is 4. The summed E-state index contributed by atoms with van der Waals surface area (Å²) in [6.45, 7) is 7.20. The predicted molar refractivity (Wildman–Crippen MR) is 178 cm³/mol. The first-order valence-corrected chi connectivity index (χ1v) is 17.3. The van der Waals surface area contributed by atoms with Crippen molar-refractivity contribution >= 4 is 35.8 Å². The van der Waals surface area contributed by atoms with E-state index >= 15 is 0 Å². The molecule has 0 aliphatic carbocycles. The second-order valence-electron chi connectivity index (χ2n) is 13.7. The van der Waals surface area contributed by atoms with Gasteiger partial charge in [-0.2, -0.15) is 0 Å². The zero-order valence-corrected chi connectivity index (χ0v) is 29.6. The molecule has 0 aliphatic rings.